The maximum absolute atomic E-state index is 3.65. The first-order valence-electron chi connectivity index (χ1n) is 6.55. The first-order valence-corrected chi connectivity index (χ1v) is 8.95. The summed E-state index contributed by atoms with van der Waals surface area (Å²) in [6.45, 7) is 7.92. The molecule has 2 unspecified atom stereocenters. The van der Waals surface area contributed by atoms with Crippen molar-refractivity contribution in [3.63, 3.8) is 0 Å². The molecular formula is C13H20Br2N2S. The number of nitrogens with zero attached hydrogens (tertiary/aromatic N) is 1. The zero-order valence-electron chi connectivity index (χ0n) is 10.9. The summed E-state index contributed by atoms with van der Waals surface area (Å²) in [4.78, 5) is 4.07. The van der Waals surface area contributed by atoms with E-state index in [0.717, 1.165) is 13.1 Å². The van der Waals surface area contributed by atoms with Gasteiger partial charge in [-0.3, -0.25) is 4.90 Å². The molecule has 0 radical (unpaired) electrons. The Morgan fingerprint density at radius 3 is 2.72 bits per heavy atom. The monoisotopic (exact) mass is 394 g/mol. The van der Waals surface area contributed by atoms with Crippen LogP contribution in [0.3, 0.4) is 0 Å². The molecule has 1 aliphatic rings. The molecule has 0 aromatic carbocycles. The fourth-order valence-corrected chi connectivity index (χ4v) is 4.67. The molecule has 0 aliphatic carbocycles. The van der Waals surface area contributed by atoms with Crippen LogP contribution in [0.4, 0.5) is 0 Å². The largest absolute Gasteiger partial charge is 0.311 e. The lowest BCUT2D eigenvalue weighted by atomic mass is 10.1. The molecule has 2 atom stereocenters. The van der Waals surface area contributed by atoms with Crippen LogP contribution in [-0.2, 0) is 6.54 Å². The lowest BCUT2D eigenvalue weighted by Gasteiger charge is -2.39. The normalized spacial score (nSPS) is 25.6. The van der Waals surface area contributed by atoms with Crippen molar-refractivity contribution in [1.82, 2.24) is 10.2 Å². The highest BCUT2D eigenvalue weighted by Crippen LogP contribution is 2.33. The molecule has 1 saturated heterocycles. The number of piperazine rings is 1. The highest BCUT2D eigenvalue weighted by Gasteiger charge is 2.26. The minimum absolute atomic E-state index is 0.652. The van der Waals surface area contributed by atoms with Crippen molar-refractivity contribution >= 4 is 43.2 Å². The molecule has 2 rings (SSSR count). The molecular weight excluding hydrogens is 376 g/mol. The second kappa shape index (κ2) is 6.84. The molecule has 1 aromatic rings. The predicted octanol–water partition coefficient (Wildman–Crippen LogP) is 4.24. The smallest absolute Gasteiger partial charge is 0.0843 e. The van der Waals surface area contributed by atoms with E-state index in [1.807, 2.05) is 11.3 Å². The average Bonchev–Trinajstić information content (AvgIpc) is 2.68. The highest BCUT2D eigenvalue weighted by molar-refractivity contribution is 9.13. The minimum Gasteiger partial charge on any atom is -0.311 e. The Labute approximate surface area is 130 Å². The molecule has 0 amide bonds. The lowest BCUT2D eigenvalue weighted by Crippen LogP contribution is -2.55. The number of nitrogens with one attached hydrogen (secondary N) is 1. The SMILES string of the molecule is CCC1CN(Cc2cc(Br)c(Br)s2)C(CC)CN1. The molecule has 1 N–H and O–H groups in total. The molecule has 0 bridgehead atoms. The van der Waals surface area contributed by atoms with E-state index in [1.165, 1.54) is 32.5 Å². The summed E-state index contributed by atoms with van der Waals surface area (Å²) < 4.78 is 2.38. The average molecular weight is 396 g/mol. The molecule has 2 heterocycles. The maximum atomic E-state index is 3.65. The van der Waals surface area contributed by atoms with Crippen molar-refractivity contribution in [2.45, 2.75) is 45.3 Å². The van der Waals surface area contributed by atoms with Crippen LogP contribution in [0.15, 0.2) is 14.3 Å². The van der Waals surface area contributed by atoms with Gasteiger partial charge in [0.15, 0.2) is 0 Å². The quantitative estimate of drug-likeness (QED) is 0.820. The van der Waals surface area contributed by atoms with Crippen molar-refractivity contribution < 1.29 is 0 Å². The van der Waals surface area contributed by atoms with Gasteiger partial charge in [-0.05, 0) is 50.8 Å². The van der Waals surface area contributed by atoms with E-state index < -0.39 is 0 Å². The van der Waals surface area contributed by atoms with Crippen LogP contribution in [0, 0.1) is 0 Å². The third-order valence-electron chi connectivity index (χ3n) is 3.63. The second-order valence-electron chi connectivity index (χ2n) is 4.84. The van der Waals surface area contributed by atoms with Gasteiger partial charge in [0.25, 0.3) is 0 Å². The van der Waals surface area contributed by atoms with Gasteiger partial charge in [-0.1, -0.05) is 13.8 Å². The molecule has 0 saturated carbocycles. The summed E-state index contributed by atoms with van der Waals surface area (Å²) in [6.07, 6.45) is 2.43. The second-order valence-corrected chi connectivity index (χ2v) is 8.15. The fourth-order valence-electron chi connectivity index (χ4n) is 2.47. The summed E-state index contributed by atoms with van der Waals surface area (Å²) >= 11 is 8.99. The van der Waals surface area contributed by atoms with E-state index >= 15 is 0 Å². The third kappa shape index (κ3) is 3.57. The predicted molar refractivity (Wildman–Crippen MR) is 86.3 cm³/mol. The number of hydrogen-bond acceptors (Lipinski definition) is 3. The van der Waals surface area contributed by atoms with Gasteiger partial charge in [0.2, 0.25) is 0 Å². The van der Waals surface area contributed by atoms with E-state index in [-0.39, 0.29) is 0 Å². The topological polar surface area (TPSA) is 15.3 Å². The van der Waals surface area contributed by atoms with Gasteiger partial charge in [0, 0.05) is 41.1 Å². The van der Waals surface area contributed by atoms with Gasteiger partial charge in [0.1, 0.15) is 0 Å². The molecule has 0 spiro atoms. The Morgan fingerprint density at radius 1 is 1.39 bits per heavy atom. The summed E-state index contributed by atoms with van der Waals surface area (Å²) in [5.74, 6) is 0. The Hall–Kier alpha value is 0.580. The van der Waals surface area contributed by atoms with Crippen molar-refractivity contribution in [1.29, 1.82) is 0 Å². The molecule has 102 valence electrons. The Bertz CT molecular complexity index is 375. The summed E-state index contributed by atoms with van der Waals surface area (Å²) in [5, 5.41) is 3.65. The number of rotatable bonds is 4. The molecule has 2 nitrogen and oxygen atoms in total. The molecule has 1 aromatic heterocycles. The van der Waals surface area contributed by atoms with Gasteiger partial charge in [0.05, 0.1) is 3.79 Å². The number of hydrogen-bond donors (Lipinski definition) is 1. The van der Waals surface area contributed by atoms with Crippen LogP contribution in [0.1, 0.15) is 31.6 Å². The first-order chi connectivity index (χ1) is 8.63. The standard InChI is InChI=1S/C13H20Br2N2S/c1-3-9-7-17(10(4-2)6-16-9)8-11-5-12(14)13(15)18-11/h5,9-10,16H,3-4,6-8H2,1-2H3. The van der Waals surface area contributed by atoms with E-state index in [2.05, 4.69) is 62.0 Å². The van der Waals surface area contributed by atoms with Crippen LogP contribution in [0.25, 0.3) is 0 Å². The highest BCUT2D eigenvalue weighted by atomic mass is 79.9. The summed E-state index contributed by atoms with van der Waals surface area (Å²) in [6, 6.07) is 3.57. The van der Waals surface area contributed by atoms with Gasteiger partial charge in [-0.25, -0.2) is 0 Å². The van der Waals surface area contributed by atoms with Crippen molar-refractivity contribution in [2.75, 3.05) is 13.1 Å². The zero-order chi connectivity index (χ0) is 13.1. The van der Waals surface area contributed by atoms with E-state index in [0.29, 0.717) is 12.1 Å². The molecule has 1 fully saturated rings. The lowest BCUT2D eigenvalue weighted by molar-refractivity contribution is 0.118. The minimum atomic E-state index is 0.652. The molecule has 5 heteroatoms. The van der Waals surface area contributed by atoms with Crippen LogP contribution in [-0.4, -0.2) is 30.1 Å². The van der Waals surface area contributed by atoms with Gasteiger partial charge >= 0.3 is 0 Å². The van der Waals surface area contributed by atoms with Crippen LogP contribution < -0.4 is 5.32 Å². The van der Waals surface area contributed by atoms with Crippen LogP contribution in [0.5, 0.6) is 0 Å². The van der Waals surface area contributed by atoms with E-state index in [1.54, 1.807) is 0 Å². The van der Waals surface area contributed by atoms with Gasteiger partial charge in [-0.15, -0.1) is 11.3 Å². The maximum Gasteiger partial charge on any atom is 0.0843 e. The van der Waals surface area contributed by atoms with Crippen molar-refractivity contribution in [3.05, 3.63) is 19.2 Å². The Morgan fingerprint density at radius 2 is 2.17 bits per heavy atom. The number of halogens is 2. The zero-order valence-corrected chi connectivity index (χ0v) is 14.9. The van der Waals surface area contributed by atoms with Crippen molar-refractivity contribution in [3.8, 4) is 0 Å². The Balaban J connectivity index is 2.04. The van der Waals surface area contributed by atoms with E-state index in [4.69, 9.17) is 0 Å². The van der Waals surface area contributed by atoms with E-state index in [9.17, 15) is 0 Å². The van der Waals surface area contributed by atoms with Gasteiger partial charge < -0.3 is 5.32 Å². The third-order valence-corrected chi connectivity index (χ3v) is 6.87. The summed E-state index contributed by atoms with van der Waals surface area (Å²) in [7, 11) is 0. The summed E-state index contributed by atoms with van der Waals surface area (Å²) in [5.41, 5.74) is 0. The Kier molecular flexibility index (Phi) is 5.69. The van der Waals surface area contributed by atoms with Crippen LogP contribution in [0.2, 0.25) is 0 Å². The van der Waals surface area contributed by atoms with Gasteiger partial charge in [-0.2, -0.15) is 0 Å². The number of thiophene rings is 1. The molecule has 1 aliphatic heterocycles. The fraction of sp³-hybridized carbons (Fsp3) is 0.692. The first kappa shape index (κ1) is 15.0. The van der Waals surface area contributed by atoms with Crippen molar-refractivity contribution in [2.24, 2.45) is 0 Å². The molecule has 18 heavy (non-hydrogen) atoms. The van der Waals surface area contributed by atoms with Crippen LogP contribution >= 0.6 is 43.2 Å².